The summed E-state index contributed by atoms with van der Waals surface area (Å²) in [6, 6.07) is 6.91. The van der Waals surface area contributed by atoms with Gasteiger partial charge in [0.25, 0.3) is 0 Å². The summed E-state index contributed by atoms with van der Waals surface area (Å²) < 4.78 is 21.9. The lowest BCUT2D eigenvalue weighted by molar-refractivity contribution is -0.304. The van der Waals surface area contributed by atoms with E-state index in [0.717, 1.165) is 22.9 Å². The summed E-state index contributed by atoms with van der Waals surface area (Å²) in [5.74, 6) is -3.08. The van der Waals surface area contributed by atoms with Crippen molar-refractivity contribution in [1.29, 1.82) is 0 Å². The quantitative estimate of drug-likeness (QED) is 0.200. The van der Waals surface area contributed by atoms with E-state index in [0.29, 0.717) is 25.2 Å². The van der Waals surface area contributed by atoms with E-state index in [1.807, 2.05) is 50.4 Å². The molecule has 0 saturated carbocycles. The van der Waals surface area contributed by atoms with Crippen molar-refractivity contribution >= 4 is 29.1 Å². The fraction of sp³-hybridized carbons (Fsp3) is 0.625. The third-order valence-electron chi connectivity index (χ3n) is 11.1. The number of carbonyl (C=O) groups excluding carboxylic acids is 3. The van der Waals surface area contributed by atoms with E-state index in [9.17, 15) is 29.7 Å². The van der Waals surface area contributed by atoms with Gasteiger partial charge in [-0.25, -0.2) is 4.68 Å². The zero-order chi connectivity index (χ0) is 40.7. The Hall–Kier alpha value is -4.19. The number of hydrogen-bond acceptors (Lipinski definition) is 14. The molecule has 306 valence electrons. The van der Waals surface area contributed by atoms with Crippen LogP contribution in [0, 0.1) is 23.7 Å². The summed E-state index contributed by atoms with van der Waals surface area (Å²) in [5, 5.41) is 50.9. The molecule has 0 radical (unpaired) electrons. The third-order valence-corrected chi connectivity index (χ3v) is 11.1. The summed E-state index contributed by atoms with van der Waals surface area (Å²) >= 11 is 0. The number of likely N-dealkylation sites (N-methyl/N-ethyl adjacent to an activating group) is 1. The van der Waals surface area contributed by atoms with E-state index in [2.05, 4.69) is 20.6 Å². The number of aliphatic hydroxyl groups is 3. The Morgan fingerprint density at radius 1 is 1.04 bits per heavy atom. The Labute approximate surface area is 327 Å². The van der Waals surface area contributed by atoms with Crippen LogP contribution in [-0.2, 0) is 41.7 Å². The van der Waals surface area contributed by atoms with Crippen molar-refractivity contribution < 1.29 is 43.9 Å². The Balaban J connectivity index is 1.41. The molecule has 12 atom stereocenters. The first-order valence-electron chi connectivity index (χ1n) is 19.4. The van der Waals surface area contributed by atoms with Crippen molar-refractivity contribution in [2.45, 2.75) is 122 Å². The number of aromatic nitrogens is 6. The van der Waals surface area contributed by atoms with Crippen LogP contribution in [0.15, 0.2) is 54.3 Å². The molecule has 0 amide bonds. The minimum absolute atomic E-state index is 0.0104. The normalized spacial score (nSPS) is 34.2. The van der Waals surface area contributed by atoms with Gasteiger partial charge in [0.1, 0.15) is 29.7 Å². The lowest BCUT2D eigenvalue weighted by Gasteiger charge is -2.46. The van der Waals surface area contributed by atoms with E-state index in [1.165, 1.54) is 6.08 Å². The number of cyclic esters (lactones) is 1. The maximum atomic E-state index is 13.6. The van der Waals surface area contributed by atoms with Crippen LogP contribution >= 0.6 is 0 Å². The van der Waals surface area contributed by atoms with Gasteiger partial charge in [-0.2, -0.15) is 0 Å². The molecule has 2 aliphatic heterocycles. The second-order valence-corrected chi connectivity index (χ2v) is 15.6. The highest BCUT2D eigenvalue weighted by Crippen LogP contribution is 2.34. The molecule has 2 aliphatic rings. The number of aldehydes is 1. The number of rotatable bonds is 10. The van der Waals surface area contributed by atoms with Crippen molar-refractivity contribution in [1.82, 2.24) is 34.9 Å². The van der Waals surface area contributed by atoms with Gasteiger partial charge in [0.05, 0.1) is 61.7 Å². The summed E-state index contributed by atoms with van der Waals surface area (Å²) in [6.45, 7) is 9.56. The third kappa shape index (κ3) is 10.4. The predicted octanol–water partition coefficient (Wildman–Crippen LogP) is 2.49. The van der Waals surface area contributed by atoms with Crippen molar-refractivity contribution in [3.05, 3.63) is 60.0 Å². The first-order valence-corrected chi connectivity index (χ1v) is 19.4. The number of carbonyl (C=O) groups is 3. The van der Waals surface area contributed by atoms with Crippen LogP contribution in [0.1, 0.15) is 66.0 Å². The molecule has 0 bridgehead atoms. The molecular formula is C40H57N7O9. The number of ketones is 1. The molecule has 4 heterocycles. The molecular weight excluding hydrogens is 722 g/mol. The van der Waals surface area contributed by atoms with Gasteiger partial charge in [-0.1, -0.05) is 61.1 Å². The second-order valence-electron chi connectivity index (χ2n) is 15.6. The van der Waals surface area contributed by atoms with Crippen molar-refractivity contribution in [3.63, 3.8) is 0 Å². The molecule has 16 nitrogen and oxygen atoms in total. The molecule has 1 saturated heterocycles. The fourth-order valence-corrected chi connectivity index (χ4v) is 7.83. The molecule has 5 rings (SSSR count). The van der Waals surface area contributed by atoms with Gasteiger partial charge in [0.2, 0.25) is 0 Å². The van der Waals surface area contributed by atoms with Gasteiger partial charge in [-0.05, 0) is 64.9 Å². The summed E-state index contributed by atoms with van der Waals surface area (Å²) in [4.78, 5) is 40.9. The average Bonchev–Trinajstić information content (AvgIpc) is 3.79. The van der Waals surface area contributed by atoms with E-state index in [1.54, 1.807) is 55.2 Å². The number of para-hydroxylation sites is 1. The molecule has 3 N–H and O–H groups in total. The van der Waals surface area contributed by atoms with E-state index in [-0.39, 0.29) is 31.0 Å². The van der Waals surface area contributed by atoms with E-state index < -0.39 is 72.7 Å². The molecule has 2 aromatic heterocycles. The number of benzene rings is 1. The highest BCUT2D eigenvalue weighted by atomic mass is 16.7. The van der Waals surface area contributed by atoms with Crippen LogP contribution in [0.3, 0.4) is 0 Å². The first kappa shape index (κ1) is 42.9. The molecule has 16 heteroatoms. The first-order chi connectivity index (χ1) is 26.7. The van der Waals surface area contributed by atoms with Gasteiger partial charge < -0.3 is 39.2 Å². The zero-order valence-electron chi connectivity index (χ0n) is 33.3. The van der Waals surface area contributed by atoms with Crippen LogP contribution in [0.2, 0.25) is 0 Å². The van der Waals surface area contributed by atoms with Crippen LogP contribution in [-0.4, -0.2) is 131 Å². The minimum atomic E-state index is -1.29. The minimum Gasteiger partial charge on any atom is -0.462 e. The number of esters is 1. The Morgan fingerprint density at radius 3 is 2.50 bits per heavy atom. The summed E-state index contributed by atoms with van der Waals surface area (Å²) in [7, 11) is 3.45. The van der Waals surface area contributed by atoms with Crippen molar-refractivity contribution in [2.24, 2.45) is 23.7 Å². The highest BCUT2D eigenvalue weighted by Gasteiger charge is 2.47. The number of fused-ring (bicyclic) bond motifs is 1. The molecule has 1 aromatic carbocycles. The molecule has 3 aromatic rings. The maximum Gasteiger partial charge on any atom is 0.308 e. The van der Waals surface area contributed by atoms with Gasteiger partial charge in [-0.15, -0.1) is 10.2 Å². The fourth-order valence-electron chi connectivity index (χ4n) is 7.83. The van der Waals surface area contributed by atoms with E-state index in [4.69, 9.17) is 14.2 Å². The number of allylic oxidation sites excluding steroid dienone is 3. The number of aliphatic hydroxyl groups excluding tert-OH is 3. The standard InChI is InChI=1S/C40H57N7O9/c1-8-34-28(20-46-21-29(41-43-46)22-47-31-12-10-9-11-30(31)42-44-47)17-23(2)13-14-32(49)24(3)18-27(15-16-48)39(25(4)33(50)19-35(51)55-34)56-40-38(53)36(45(6)7)37(52)26(5)54-40/h9-14,16-17,21,24-28,33-34,36-40,50,52-53H,8,15,18-20,22H2,1-7H3/b14-13+,23-17+/t24-,25+,26-,27+,28-,33-,34-,36?,37?,38?,39-,40+/m1/s1. The van der Waals surface area contributed by atoms with Crippen LogP contribution in [0.5, 0.6) is 0 Å². The van der Waals surface area contributed by atoms with Gasteiger partial charge in [0.15, 0.2) is 12.1 Å². The van der Waals surface area contributed by atoms with Crippen LogP contribution < -0.4 is 0 Å². The number of ether oxygens (including phenoxy) is 3. The maximum absolute atomic E-state index is 13.6. The largest absolute Gasteiger partial charge is 0.462 e. The van der Waals surface area contributed by atoms with Crippen LogP contribution in [0.25, 0.3) is 11.0 Å². The van der Waals surface area contributed by atoms with Gasteiger partial charge in [-0.3, -0.25) is 14.3 Å². The Morgan fingerprint density at radius 2 is 1.79 bits per heavy atom. The van der Waals surface area contributed by atoms with Gasteiger partial charge in [0, 0.05) is 24.2 Å². The van der Waals surface area contributed by atoms with E-state index >= 15 is 0 Å². The molecule has 56 heavy (non-hydrogen) atoms. The SMILES string of the molecule is CC[C@H]1OC(=O)C[C@@H](O)[C@H](C)[C@@H](O[C@@H]2O[C@H](C)C(O)C(N(C)C)C2O)[C@@H](CC=O)C[C@@H](C)C(=O)/C=C/C(C)=C/[C@@H]1Cn1cc(Cn2nnc3ccccc32)nn1. The Bertz CT molecular complexity index is 1840. The van der Waals surface area contributed by atoms with Gasteiger partial charge >= 0.3 is 5.97 Å². The zero-order valence-corrected chi connectivity index (χ0v) is 33.3. The molecule has 0 spiro atoms. The lowest BCUT2D eigenvalue weighted by atomic mass is 9.79. The Kier molecular flexibility index (Phi) is 14.8. The molecule has 0 aliphatic carbocycles. The van der Waals surface area contributed by atoms with Crippen molar-refractivity contribution in [3.8, 4) is 0 Å². The summed E-state index contributed by atoms with van der Waals surface area (Å²) in [6.07, 6.45) is 0.915. The highest BCUT2D eigenvalue weighted by molar-refractivity contribution is 5.91. The topological polar surface area (TPSA) is 204 Å². The summed E-state index contributed by atoms with van der Waals surface area (Å²) in [5.41, 5.74) is 3.07. The van der Waals surface area contributed by atoms with Crippen molar-refractivity contribution in [2.75, 3.05) is 14.1 Å². The smallest absolute Gasteiger partial charge is 0.308 e. The number of nitrogens with zero attached hydrogens (tertiary/aromatic N) is 7. The predicted molar refractivity (Wildman–Crippen MR) is 205 cm³/mol. The second kappa shape index (κ2) is 19.3. The average molecular weight is 780 g/mol. The monoisotopic (exact) mass is 779 g/mol. The lowest BCUT2D eigenvalue weighted by Crippen LogP contribution is -2.63. The molecule has 3 unspecified atom stereocenters. The molecule has 1 fully saturated rings. The number of hydrogen-bond donors (Lipinski definition) is 3. The van der Waals surface area contributed by atoms with Crippen LogP contribution in [0.4, 0.5) is 0 Å².